The number of halogens is 3. The van der Waals surface area contributed by atoms with Crippen LogP contribution < -0.4 is 14.5 Å². The van der Waals surface area contributed by atoms with E-state index in [1.165, 1.54) is 18.2 Å². The van der Waals surface area contributed by atoms with Gasteiger partial charge in [-0.1, -0.05) is 24.3 Å². The summed E-state index contributed by atoms with van der Waals surface area (Å²) >= 11 is 0. The molecule has 1 aliphatic heterocycles. The lowest BCUT2D eigenvalue weighted by Crippen LogP contribution is -2.35. The van der Waals surface area contributed by atoms with Crippen molar-refractivity contribution in [1.82, 2.24) is 9.97 Å². The molecular weight excluding hydrogens is 399 g/mol. The number of pyridine rings is 2. The van der Waals surface area contributed by atoms with E-state index in [0.29, 0.717) is 17.3 Å². The summed E-state index contributed by atoms with van der Waals surface area (Å²) < 4.78 is 44.6. The van der Waals surface area contributed by atoms with Crippen LogP contribution in [0.15, 0.2) is 48.9 Å². The Bertz CT molecular complexity index is 1170. The van der Waals surface area contributed by atoms with Crippen LogP contribution in [0.3, 0.4) is 0 Å². The molecule has 7 nitrogen and oxygen atoms in total. The molecule has 0 unspecified atom stereocenters. The second kappa shape index (κ2) is 7.18. The molecule has 2 aromatic heterocycles. The SMILES string of the molecule is COc1ncc(C(F)(F)F)cc1N1C[C@H](C#N)N(c2cncc3ccccc23)C1=O. The summed E-state index contributed by atoms with van der Waals surface area (Å²) in [5.41, 5.74) is -0.788. The molecule has 4 rings (SSSR count). The van der Waals surface area contributed by atoms with Crippen molar-refractivity contribution in [3.8, 4) is 11.9 Å². The number of fused-ring (bicyclic) bond motifs is 1. The Morgan fingerprint density at radius 3 is 2.67 bits per heavy atom. The molecule has 0 radical (unpaired) electrons. The molecule has 152 valence electrons. The van der Waals surface area contributed by atoms with Gasteiger partial charge in [0.25, 0.3) is 0 Å². The molecule has 1 aromatic carbocycles. The smallest absolute Gasteiger partial charge is 0.417 e. The normalized spacial score (nSPS) is 16.8. The summed E-state index contributed by atoms with van der Waals surface area (Å²) in [6.45, 7) is -0.155. The summed E-state index contributed by atoms with van der Waals surface area (Å²) in [5, 5.41) is 11.1. The van der Waals surface area contributed by atoms with Gasteiger partial charge in [-0.25, -0.2) is 9.78 Å². The van der Waals surface area contributed by atoms with Gasteiger partial charge in [0.1, 0.15) is 11.7 Å². The van der Waals surface area contributed by atoms with Gasteiger partial charge in [0.2, 0.25) is 5.88 Å². The standard InChI is InChI=1S/C20H14F3N5O2/c1-30-18-16(6-13(9-26-18)20(21,22)23)27-11-14(7-24)28(19(27)29)17-10-25-8-12-4-2-3-5-15(12)17/h2-6,8-10,14H,11H2,1H3/t14-/m0/s1. The zero-order valence-corrected chi connectivity index (χ0v) is 15.6. The Labute approximate surface area is 168 Å². The minimum Gasteiger partial charge on any atom is -0.480 e. The Balaban J connectivity index is 1.82. The van der Waals surface area contributed by atoms with Crippen molar-refractivity contribution in [3.05, 3.63) is 54.5 Å². The molecule has 0 bridgehead atoms. The van der Waals surface area contributed by atoms with Gasteiger partial charge >= 0.3 is 12.2 Å². The Morgan fingerprint density at radius 2 is 1.97 bits per heavy atom. The third-order valence-corrected chi connectivity index (χ3v) is 4.80. The number of hydrogen-bond donors (Lipinski definition) is 0. The fraction of sp³-hybridized carbons (Fsp3) is 0.200. The van der Waals surface area contributed by atoms with Gasteiger partial charge in [-0.3, -0.25) is 14.8 Å². The van der Waals surface area contributed by atoms with Crippen LogP contribution in [0.5, 0.6) is 5.88 Å². The van der Waals surface area contributed by atoms with Crippen molar-refractivity contribution < 1.29 is 22.7 Å². The van der Waals surface area contributed by atoms with Gasteiger partial charge in [0, 0.05) is 23.2 Å². The van der Waals surface area contributed by atoms with E-state index in [1.54, 1.807) is 18.3 Å². The molecular formula is C20H14F3N5O2. The van der Waals surface area contributed by atoms with Crippen molar-refractivity contribution in [2.24, 2.45) is 0 Å². The van der Waals surface area contributed by atoms with Crippen molar-refractivity contribution in [3.63, 3.8) is 0 Å². The molecule has 0 saturated carbocycles. The molecule has 30 heavy (non-hydrogen) atoms. The molecule has 0 aliphatic carbocycles. The van der Waals surface area contributed by atoms with E-state index in [1.807, 2.05) is 18.2 Å². The quantitative estimate of drug-likeness (QED) is 0.648. The number of nitrogens with zero attached hydrogens (tertiary/aromatic N) is 5. The lowest BCUT2D eigenvalue weighted by molar-refractivity contribution is -0.137. The number of ether oxygens (including phenoxy) is 1. The average molecular weight is 413 g/mol. The topological polar surface area (TPSA) is 82.3 Å². The highest BCUT2D eigenvalue weighted by molar-refractivity contribution is 6.12. The van der Waals surface area contributed by atoms with Gasteiger partial charge < -0.3 is 4.74 Å². The second-order valence-corrected chi connectivity index (χ2v) is 6.54. The van der Waals surface area contributed by atoms with Crippen LogP contribution in [0.2, 0.25) is 0 Å². The van der Waals surface area contributed by atoms with Gasteiger partial charge in [-0.15, -0.1) is 0 Å². The first-order chi connectivity index (χ1) is 14.3. The van der Waals surface area contributed by atoms with Crippen LogP contribution in [-0.2, 0) is 6.18 Å². The maximum atomic E-state index is 13.3. The fourth-order valence-corrected chi connectivity index (χ4v) is 3.41. The summed E-state index contributed by atoms with van der Waals surface area (Å²) in [7, 11) is 1.24. The molecule has 3 heterocycles. The van der Waals surface area contributed by atoms with Crippen LogP contribution in [0, 0.1) is 11.3 Å². The number of aromatic nitrogens is 2. The van der Waals surface area contributed by atoms with E-state index in [-0.39, 0.29) is 18.1 Å². The van der Waals surface area contributed by atoms with E-state index < -0.39 is 23.8 Å². The molecule has 1 aliphatic rings. The first-order valence-electron chi connectivity index (χ1n) is 8.79. The summed E-state index contributed by atoms with van der Waals surface area (Å²) in [4.78, 5) is 23.4. The van der Waals surface area contributed by atoms with E-state index in [9.17, 15) is 23.2 Å². The summed E-state index contributed by atoms with van der Waals surface area (Å²) in [6.07, 6.45) is -0.935. The van der Waals surface area contributed by atoms with Gasteiger partial charge in [0.05, 0.1) is 37.2 Å². The van der Waals surface area contributed by atoms with Crippen molar-refractivity contribution in [1.29, 1.82) is 5.26 Å². The largest absolute Gasteiger partial charge is 0.480 e. The summed E-state index contributed by atoms with van der Waals surface area (Å²) in [5.74, 6) is -0.147. The number of methoxy groups -OCH3 is 1. The minimum absolute atomic E-state index is 0.147. The van der Waals surface area contributed by atoms with Gasteiger partial charge in [-0.05, 0) is 6.07 Å². The lowest BCUT2D eigenvalue weighted by Gasteiger charge is -2.22. The zero-order chi connectivity index (χ0) is 21.5. The molecule has 0 N–H and O–H groups in total. The Morgan fingerprint density at radius 1 is 1.20 bits per heavy atom. The highest BCUT2D eigenvalue weighted by atomic mass is 19.4. The predicted molar refractivity (Wildman–Crippen MR) is 102 cm³/mol. The summed E-state index contributed by atoms with van der Waals surface area (Å²) in [6, 6.07) is 8.42. The molecule has 0 spiro atoms. The van der Waals surface area contributed by atoms with Gasteiger partial charge in [-0.2, -0.15) is 18.4 Å². The monoisotopic (exact) mass is 413 g/mol. The maximum Gasteiger partial charge on any atom is 0.417 e. The lowest BCUT2D eigenvalue weighted by atomic mass is 10.1. The highest BCUT2D eigenvalue weighted by Crippen LogP contribution is 2.39. The number of urea groups is 1. The number of amides is 2. The first-order valence-corrected chi connectivity index (χ1v) is 8.79. The third-order valence-electron chi connectivity index (χ3n) is 4.80. The van der Waals surface area contributed by atoms with Crippen LogP contribution in [0.1, 0.15) is 5.56 Å². The van der Waals surface area contributed by atoms with E-state index in [4.69, 9.17) is 4.74 Å². The Kier molecular flexibility index (Phi) is 4.66. The minimum atomic E-state index is -4.65. The zero-order valence-electron chi connectivity index (χ0n) is 15.6. The number of carbonyl (C=O) groups is 1. The van der Waals surface area contributed by atoms with Crippen molar-refractivity contribution >= 4 is 28.2 Å². The molecule has 1 atom stereocenters. The number of anilines is 2. The van der Waals surface area contributed by atoms with E-state index >= 15 is 0 Å². The third kappa shape index (κ3) is 3.14. The average Bonchev–Trinajstić information content (AvgIpc) is 3.08. The van der Waals surface area contributed by atoms with Crippen LogP contribution in [0.4, 0.5) is 29.3 Å². The number of carbonyl (C=O) groups excluding carboxylic acids is 1. The number of hydrogen-bond acceptors (Lipinski definition) is 5. The highest BCUT2D eigenvalue weighted by Gasteiger charge is 2.42. The first kappa shape index (κ1) is 19.4. The van der Waals surface area contributed by atoms with Crippen LogP contribution >= 0.6 is 0 Å². The predicted octanol–water partition coefficient (Wildman–Crippen LogP) is 4.00. The molecule has 10 heteroatoms. The fourth-order valence-electron chi connectivity index (χ4n) is 3.41. The second-order valence-electron chi connectivity index (χ2n) is 6.54. The van der Waals surface area contributed by atoms with E-state index in [2.05, 4.69) is 9.97 Å². The molecule has 1 saturated heterocycles. The van der Waals surface area contributed by atoms with E-state index in [0.717, 1.165) is 16.4 Å². The number of nitriles is 1. The van der Waals surface area contributed by atoms with Crippen LogP contribution in [0.25, 0.3) is 10.8 Å². The number of rotatable bonds is 3. The number of benzene rings is 1. The van der Waals surface area contributed by atoms with Crippen molar-refractivity contribution in [2.75, 3.05) is 23.5 Å². The molecule has 2 amide bonds. The molecule has 3 aromatic rings. The van der Waals surface area contributed by atoms with Crippen LogP contribution in [-0.4, -0.2) is 35.7 Å². The number of alkyl halides is 3. The Hall–Kier alpha value is -3.87. The maximum absolute atomic E-state index is 13.3. The van der Waals surface area contributed by atoms with Gasteiger partial charge in [0.15, 0.2) is 0 Å². The van der Waals surface area contributed by atoms with Crippen molar-refractivity contribution in [2.45, 2.75) is 12.2 Å². The molecule has 1 fully saturated rings.